The lowest BCUT2D eigenvalue weighted by Crippen LogP contribution is -2.17. The van der Waals surface area contributed by atoms with Crippen LogP contribution in [0.2, 0.25) is 0 Å². The van der Waals surface area contributed by atoms with Crippen molar-refractivity contribution in [2.45, 2.75) is 19.1 Å². The first kappa shape index (κ1) is 10.8. The van der Waals surface area contributed by atoms with Crippen molar-refractivity contribution in [1.82, 2.24) is 0 Å². The minimum atomic E-state index is -0.406. The number of hydrogen-bond donors (Lipinski definition) is 1. The lowest BCUT2D eigenvalue weighted by atomic mass is 10.1. The minimum Gasteiger partial charge on any atom is -0.512 e. The first-order valence-corrected chi connectivity index (χ1v) is 4.82. The van der Waals surface area contributed by atoms with Gasteiger partial charge in [0.25, 0.3) is 0 Å². The Balaban J connectivity index is 2.86. The first-order chi connectivity index (χ1) is 6.19. The van der Waals surface area contributed by atoms with Gasteiger partial charge in [-0.2, -0.15) is 0 Å². The van der Waals surface area contributed by atoms with E-state index < -0.39 is 6.29 Å². The van der Waals surface area contributed by atoms with Gasteiger partial charge in [0.2, 0.25) is 0 Å². The van der Waals surface area contributed by atoms with E-state index in [4.69, 9.17) is 9.47 Å². The predicted molar refractivity (Wildman–Crippen MR) is 53.7 cm³/mol. The summed E-state index contributed by atoms with van der Waals surface area (Å²) in [5.74, 6) is 0.373. The van der Waals surface area contributed by atoms with Crippen LogP contribution >= 0.6 is 15.9 Å². The van der Waals surface area contributed by atoms with Crippen LogP contribution in [0, 0.1) is 0 Å². The molecule has 0 bridgehead atoms. The van der Waals surface area contributed by atoms with E-state index >= 15 is 0 Å². The van der Waals surface area contributed by atoms with Crippen LogP contribution in [0.4, 0.5) is 0 Å². The Hall–Kier alpha value is -0.320. The molecule has 0 aliphatic heterocycles. The molecule has 0 saturated carbocycles. The fourth-order valence-electron chi connectivity index (χ4n) is 1.26. The SMILES string of the molecule is COC(OC)C1=C(Br)CCC(O)=C1. The minimum absolute atomic E-state index is 0.373. The zero-order valence-electron chi connectivity index (χ0n) is 7.71. The van der Waals surface area contributed by atoms with Crippen LogP contribution in [0.15, 0.2) is 21.9 Å². The Bertz CT molecular complexity index is 241. The van der Waals surface area contributed by atoms with Crippen LogP contribution in [0.5, 0.6) is 0 Å². The van der Waals surface area contributed by atoms with Gasteiger partial charge in [0.05, 0.1) is 5.76 Å². The molecule has 0 spiro atoms. The van der Waals surface area contributed by atoms with E-state index in [9.17, 15) is 5.11 Å². The molecule has 1 N–H and O–H groups in total. The van der Waals surface area contributed by atoms with E-state index in [1.807, 2.05) is 0 Å². The van der Waals surface area contributed by atoms with Gasteiger partial charge in [0.1, 0.15) is 0 Å². The highest BCUT2D eigenvalue weighted by atomic mass is 79.9. The molecule has 0 atom stereocenters. The summed E-state index contributed by atoms with van der Waals surface area (Å²) in [5, 5.41) is 9.33. The van der Waals surface area contributed by atoms with E-state index in [1.165, 1.54) is 0 Å². The van der Waals surface area contributed by atoms with Gasteiger partial charge in [-0.1, -0.05) is 15.9 Å². The largest absolute Gasteiger partial charge is 0.512 e. The molecule has 13 heavy (non-hydrogen) atoms. The number of ether oxygens (including phenoxy) is 2. The average Bonchev–Trinajstić information content (AvgIpc) is 2.13. The summed E-state index contributed by atoms with van der Waals surface area (Å²) < 4.78 is 11.2. The van der Waals surface area contributed by atoms with Gasteiger partial charge in [0, 0.05) is 30.7 Å². The average molecular weight is 249 g/mol. The number of halogens is 1. The lowest BCUT2D eigenvalue weighted by molar-refractivity contribution is -0.0731. The fourth-order valence-corrected chi connectivity index (χ4v) is 1.76. The van der Waals surface area contributed by atoms with Crippen LogP contribution in [-0.2, 0) is 9.47 Å². The maximum Gasteiger partial charge on any atom is 0.184 e. The third-order valence-electron chi connectivity index (χ3n) is 1.92. The summed E-state index contributed by atoms with van der Waals surface area (Å²) in [6.07, 6.45) is 2.74. The second-order valence-corrected chi connectivity index (χ2v) is 3.76. The molecule has 4 heteroatoms. The summed E-state index contributed by atoms with van der Waals surface area (Å²) in [4.78, 5) is 0. The molecule has 74 valence electrons. The molecule has 1 aliphatic rings. The summed E-state index contributed by atoms with van der Waals surface area (Å²) in [5.41, 5.74) is 0.855. The summed E-state index contributed by atoms with van der Waals surface area (Å²) in [6.45, 7) is 0. The molecule has 0 amide bonds. The zero-order valence-corrected chi connectivity index (χ0v) is 9.30. The fraction of sp³-hybridized carbons (Fsp3) is 0.556. The zero-order chi connectivity index (χ0) is 9.84. The van der Waals surface area contributed by atoms with Crippen LogP contribution in [0.1, 0.15) is 12.8 Å². The Morgan fingerprint density at radius 1 is 1.38 bits per heavy atom. The third kappa shape index (κ3) is 2.56. The first-order valence-electron chi connectivity index (χ1n) is 4.02. The van der Waals surface area contributed by atoms with Gasteiger partial charge < -0.3 is 14.6 Å². The van der Waals surface area contributed by atoms with Crippen molar-refractivity contribution in [1.29, 1.82) is 0 Å². The quantitative estimate of drug-likeness (QED) is 0.781. The monoisotopic (exact) mass is 248 g/mol. The molecule has 0 radical (unpaired) electrons. The van der Waals surface area contributed by atoms with Crippen LogP contribution in [0.3, 0.4) is 0 Å². The highest BCUT2D eigenvalue weighted by molar-refractivity contribution is 9.11. The molecule has 0 unspecified atom stereocenters. The van der Waals surface area contributed by atoms with Gasteiger partial charge in [0.15, 0.2) is 6.29 Å². The molecule has 0 fully saturated rings. The second kappa shape index (κ2) is 4.79. The number of hydrogen-bond acceptors (Lipinski definition) is 3. The van der Waals surface area contributed by atoms with E-state index in [0.717, 1.165) is 16.5 Å². The maximum absolute atomic E-state index is 9.33. The lowest BCUT2D eigenvalue weighted by Gasteiger charge is -2.20. The predicted octanol–water partition coefficient (Wildman–Crippen LogP) is 2.49. The van der Waals surface area contributed by atoms with E-state index in [2.05, 4.69) is 15.9 Å². The molecule has 0 heterocycles. The molecule has 0 aromatic carbocycles. The summed E-state index contributed by atoms with van der Waals surface area (Å²) >= 11 is 3.43. The maximum atomic E-state index is 9.33. The highest BCUT2D eigenvalue weighted by Gasteiger charge is 2.18. The third-order valence-corrected chi connectivity index (χ3v) is 2.77. The number of aliphatic hydroxyl groups is 1. The van der Waals surface area contributed by atoms with Crippen molar-refractivity contribution in [2.24, 2.45) is 0 Å². The molecule has 1 rings (SSSR count). The molecule has 1 aliphatic carbocycles. The standard InChI is InChI=1S/C9H13BrO3/c1-12-9(13-2)7-5-6(11)3-4-8(7)10/h5,9,11H,3-4H2,1-2H3. The van der Waals surface area contributed by atoms with E-state index in [-0.39, 0.29) is 0 Å². The topological polar surface area (TPSA) is 38.7 Å². The van der Waals surface area contributed by atoms with Gasteiger partial charge in [-0.3, -0.25) is 0 Å². The van der Waals surface area contributed by atoms with Crippen LogP contribution in [-0.4, -0.2) is 25.6 Å². The van der Waals surface area contributed by atoms with Crippen molar-refractivity contribution >= 4 is 15.9 Å². The normalized spacial score (nSPS) is 18.0. The van der Waals surface area contributed by atoms with E-state index in [1.54, 1.807) is 20.3 Å². The second-order valence-electron chi connectivity index (χ2n) is 2.80. The molecule has 0 aromatic heterocycles. The number of rotatable bonds is 3. The number of methoxy groups -OCH3 is 2. The van der Waals surface area contributed by atoms with Gasteiger partial charge in [-0.05, 0) is 12.5 Å². The Morgan fingerprint density at radius 2 is 2.00 bits per heavy atom. The van der Waals surface area contributed by atoms with Crippen molar-refractivity contribution in [2.75, 3.05) is 14.2 Å². The molecule has 0 aromatic rings. The highest BCUT2D eigenvalue weighted by Crippen LogP contribution is 2.29. The Labute approximate surface area is 86.2 Å². The Kier molecular flexibility index (Phi) is 3.96. The summed E-state index contributed by atoms with van der Waals surface area (Å²) in [6, 6.07) is 0. The van der Waals surface area contributed by atoms with E-state index in [0.29, 0.717) is 12.2 Å². The number of aliphatic hydroxyl groups excluding tert-OH is 1. The molecule has 0 saturated heterocycles. The molecule has 3 nitrogen and oxygen atoms in total. The van der Waals surface area contributed by atoms with Crippen molar-refractivity contribution in [3.63, 3.8) is 0 Å². The summed E-state index contributed by atoms with van der Waals surface area (Å²) in [7, 11) is 3.14. The Morgan fingerprint density at radius 3 is 2.54 bits per heavy atom. The number of allylic oxidation sites excluding steroid dienone is 2. The molecular formula is C9H13BrO3. The van der Waals surface area contributed by atoms with Crippen molar-refractivity contribution in [3.8, 4) is 0 Å². The van der Waals surface area contributed by atoms with Crippen LogP contribution < -0.4 is 0 Å². The molecular weight excluding hydrogens is 236 g/mol. The van der Waals surface area contributed by atoms with Crippen molar-refractivity contribution in [3.05, 3.63) is 21.9 Å². The van der Waals surface area contributed by atoms with Crippen LogP contribution in [0.25, 0.3) is 0 Å². The van der Waals surface area contributed by atoms with Gasteiger partial charge in [-0.15, -0.1) is 0 Å². The van der Waals surface area contributed by atoms with Crippen molar-refractivity contribution < 1.29 is 14.6 Å². The van der Waals surface area contributed by atoms with Gasteiger partial charge in [-0.25, -0.2) is 0 Å². The van der Waals surface area contributed by atoms with Gasteiger partial charge >= 0.3 is 0 Å². The smallest absolute Gasteiger partial charge is 0.184 e.